The van der Waals surface area contributed by atoms with Gasteiger partial charge in [-0.25, -0.2) is 0 Å². The normalized spacial score (nSPS) is 13.8. The molecule has 18 heavy (non-hydrogen) atoms. The van der Waals surface area contributed by atoms with Crippen LogP contribution in [0.2, 0.25) is 0 Å². The van der Waals surface area contributed by atoms with Gasteiger partial charge in [-0.2, -0.15) is 13.2 Å². The number of halogens is 3. The Morgan fingerprint density at radius 3 is 2.50 bits per heavy atom. The molecule has 7 heteroatoms. The molecule has 1 unspecified atom stereocenters. The van der Waals surface area contributed by atoms with E-state index in [0.717, 1.165) is 13.1 Å². The lowest BCUT2D eigenvalue weighted by Crippen LogP contribution is -2.38. The minimum atomic E-state index is -4.23. The Labute approximate surface area is 106 Å². The van der Waals surface area contributed by atoms with Gasteiger partial charge in [0.25, 0.3) is 0 Å². The van der Waals surface area contributed by atoms with Crippen molar-refractivity contribution < 1.29 is 22.6 Å². The predicted octanol–water partition coefficient (Wildman–Crippen LogP) is 1.17. The largest absolute Gasteiger partial charge is 0.411 e. The van der Waals surface area contributed by atoms with Crippen molar-refractivity contribution in [1.82, 2.24) is 10.6 Å². The van der Waals surface area contributed by atoms with Crippen LogP contribution in [0.25, 0.3) is 0 Å². The van der Waals surface area contributed by atoms with Crippen LogP contribution in [0.5, 0.6) is 0 Å². The third kappa shape index (κ3) is 13.7. The van der Waals surface area contributed by atoms with Crippen molar-refractivity contribution in [3.8, 4) is 0 Å². The minimum Gasteiger partial charge on any atom is -0.383 e. The zero-order chi connectivity index (χ0) is 13.9. The van der Waals surface area contributed by atoms with Gasteiger partial charge in [0.2, 0.25) is 0 Å². The van der Waals surface area contributed by atoms with E-state index >= 15 is 0 Å². The Morgan fingerprint density at radius 2 is 1.89 bits per heavy atom. The van der Waals surface area contributed by atoms with Gasteiger partial charge in [0, 0.05) is 32.8 Å². The highest BCUT2D eigenvalue weighted by atomic mass is 19.4. The van der Waals surface area contributed by atoms with E-state index in [1.54, 1.807) is 7.11 Å². The zero-order valence-electron chi connectivity index (χ0n) is 11.0. The maximum atomic E-state index is 11.7. The van der Waals surface area contributed by atoms with Crippen LogP contribution in [0.15, 0.2) is 0 Å². The third-order valence-electron chi connectivity index (χ3n) is 2.16. The summed E-state index contributed by atoms with van der Waals surface area (Å²) in [7, 11) is 1.64. The fourth-order valence-electron chi connectivity index (χ4n) is 1.28. The maximum Gasteiger partial charge on any atom is 0.411 e. The first-order chi connectivity index (χ1) is 8.45. The van der Waals surface area contributed by atoms with Gasteiger partial charge in [0.15, 0.2) is 0 Å². The van der Waals surface area contributed by atoms with Gasteiger partial charge in [-0.1, -0.05) is 0 Å². The van der Waals surface area contributed by atoms with Crippen LogP contribution in [0.1, 0.15) is 13.3 Å². The van der Waals surface area contributed by atoms with E-state index in [0.29, 0.717) is 19.6 Å². The number of nitrogens with one attached hydrogen (secondary N) is 2. The second-order valence-electron chi connectivity index (χ2n) is 4.07. The van der Waals surface area contributed by atoms with Crippen molar-refractivity contribution in [2.24, 2.45) is 0 Å². The summed E-state index contributed by atoms with van der Waals surface area (Å²) in [5.74, 6) is 0. The number of methoxy groups -OCH3 is 1. The molecule has 0 saturated heterocycles. The summed E-state index contributed by atoms with van der Waals surface area (Å²) in [6.07, 6.45) is -3.66. The summed E-state index contributed by atoms with van der Waals surface area (Å²) >= 11 is 0. The molecule has 0 aliphatic heterocycles. The van der Waals surface area contributed by atoms with E-state index in [2.05, 4.69) is 15.4 Å². The lowest BCUT2D eigenvalue weighted by molar-refractivity contribution is -0.173. The van der Waals surface area contributed by atoms with Crippen molar-refractivity contribution in [2.75, 3.05) is 46.6 Å². The number of alkyl halides is 3. The first kappa shape index (κ1) is 17.6. The number of hydrogen-bond acceptors (Lipinski definition) is 4. The van der Waals surface area contributed by atoms with Gasteiger partial charge in [0.1, 0.15) is 6.61 Å². The molecule has 0 aromatic carbocycles. The smallest absolute Gasteiger partial charge is 0.383 e. The molecule has 0 bridgehead atoms. The third-order valence-corrected chi connectivity index (χ3v) is 2.16. The Kier molecular flexibility index (Phi) is 10.3. The molecule has 0 aliphatic carbocycles. The molecule has 0 aromatic rings. The molecule has 0 heterocycles. The summed E-state index contributed by atoms with van der Waals surface area (Å²) in [5.41, 5.74) is 0. The van der Waals surface area contributed by atoms with Crippen LogP contribution < -0.4 is 10.6 Å². The Balaban J connectivity index is 3.22. The van der Waals surface area contributed by atoms with Crippen LogP contribution >= 0.6 is 0 Å². The highest BCUT2D eigenvalue weighted by molar-refractivity contribution is 4.63. The van der Waals surface area contributed by atoms with E-state index in [4.69, 9.17) is 4.74 Å². The average molecular weight is 272 g/mol. The fourth-order valence-corrected chi connectivity index (χ4v) is 1.28. The first-order valence-corrected chi connectivity index (χ1v) is 6.03. The topological polar surface area (TPSA) is 42.5 Å². The molecule has 0 saturated carbocycles. The van der Waals surface area contributed by atoms with Gasteiger partial charge in [0.05, 0.1) is 6.61 Å². The molecule has 0 spiro atoms. The molecule has 0 amide bonds. The van der Waals surface area contributed by atoms with Gasteiger partial charge in [-0.05, 0) is 19.9 Å². The van der Waals surface area contributed by atoms with Crippen molar-refractivity contribution in [1.29, 1.82) is 0 Å². The molecule has 0 aromatic heterocycles. The molecule has 0 aliphatic rings. The molecule has 0 rings (SSSR count). The summed E-state index contributed by atoms with van der Waals surface area (Å²) < 4.78 is 44.6. The first-order valence-electron chi connectivity index (χ1n) is 6.03. The molecule has 4 nitrogen and oxygen atoms in total. The van der Waals surface area contributed by atoms with Crippen molar-refractivity contribution >= 4 is 0 Å². The monoisotopic (exact) mass is 272 g/mol. The number of hydrogen-bond donors (Lipinski definition) is 2. The fraction of sp³-hybridized carbons (Fsp3) is 1.00. The van der Waals surface area contributed by atoms with Gasteiger partial charge >= 0.3 is 6.18 Å². The molecule has 110 valence electrons. The molecule has 2 N–H and O–H groups in total. The second kappa shape index (κ2) is 10.5. The number of rotatable bonds is 11. The van der Waals surface area contributed by atoms with Gasteiger partial charge in [-0.3, -0.25) is 0 Å². The van der Waals surface area contributed by atoms with Crippen molar-refractivity contribution in [3.63, 3.8) is 0 Å². The number of ether oxygens (including phenoxy) is 2. The van der Waals surface area contributed by atoms with E-state index in [1.165, 1.54) is 0 Å². The van der Waals surface area contributed by atoms with E-state index in [-0.39, 0.29) is 12.6 Å². The molecule has 0 radical (unpaired) electrons. The Morgan fingerprint density at radius 1 is 1.17 bits per heavy atom. The SMILES string of the molecule is COCCNCC(C)NCCCOCC(F)(F)F. The maximum absolute atomic E-state index is 11.7. The van der Waals surface area contributed by atoms with E-state index in [1.807, 2.05) is 6.92 Å². The van der Waals surface area contributed by atoms with Crippen molar-refractivity contribution in [2.45, 2.75) is 25.6 Å². The zero-order valence-corrected chi connectivity index (χ0v) is 11.0. The second-order valence-corrected chi connectivity index (χ2v) is 4.07. The lowest BCUT2D eigenvalue weighted by Gasteiger charge is -2.14. The Bertz CT molecular complexity index is 192. The van der Waals surface area contributed by atoms with E-state index < -0.39 is 12.8 Å². The van der Waals surface area contributed by atoms with Crippen LogP contribution in [0.4, 0.5) is 13.2 Å². The van der Waals surface area contributed by atoms with Crippen LogP contribution in [0.3, 0.4) is 0 Å². The highest BCUT2D eigenvalue weighted by Gasteiger charge is 2.27. The molecular weight excluding hydrogens is 249 g/mol. The molecular formula is C11H23F3N2O2. The minimum absolute atomic E-state index is 0.121. The van der Waals surface area contributed by atoms with Crippen LogP contribution in [-0.2, 0) is 9.47 Å². The van der Waals surface area contributed by atoms with Gasteiger partial charge in [-0.15, -0.1) is 0 Å². The Hall–Kier alpha value is -0.370. The van der Waals surface area contributed by atoms with Crippen LogP contribution in [0, 0.1) is 0 Å². The predicted molar refractivity (Wildman–Crippen MR) is 63.7 cm³/mol. The van der Waals surface area contributed by atoms with E-state index in [9.17, 15) is 13.2 Å². The summed E-state index contributed by atoms with van der Waals surface area (Å²) in [5, 5.41) is 6.38. The summed E-state index contributed by atoms with van der Waals surface area (Å²) in [6, 6.07) is 0.268. The molecule has 1 atom stereocenters. The van der Waals surface area contributed by atoms with Crippen molar-refractivity contribution in [3.05, 3.63) is 0 Å². The molecule has 0 fully saturated rings. The highest BCUT2D eigenvalue weighted by Crippen LogP contribution is 2.14. The standard InChI is InChI=1S/C11H23F3N2O2/c1-10(8-15-5-7-17-2)16-4-3-6-18-9-11(12,13)14/h10,15-16H,3-9H2,1-2H3. The van der Waals surface area contributed by atoms with Gasteiger partial charge < -0.3 is 20.1 Å². The quantitative estimate of drug-likeness (QED) is 0.554. The summed E-state index contributed by atoms with van der Waals surface area (Å²) in [6.45, 7) is 3.86. The average Bonchev–Trinajstić information content (AvgIpc) is 2.28. The summed E-state index contributed by atoms with van der Waals surface area (Å²) in [4.78, 5) is 0. The lowest BCUT2D eigenvalue weighted by atomic mass is 10.3. The van der Waals surface area contributed by atoms with Crippen LogP contribution in [-0.4, -0.2) is 58.8 Å².